The maximum Gasteiger partial charge on any atom is 0.259 e. The average Bonchev–Trinajstić information content (AvgIpc) is 2.43. The molecule has 0 fully saturated rings. The Bertz CT molecular complexity index is 614. The second-order valence-corrected chi connectivity index (χ2v) is 4.85. The topological polar surface area (TPSA) is 51.2 Å². The minimum absolute atomic E-state index is 0.221. The van der Waals surface area contributed by atoms with Gasteiger partial charge in [0.1, 0.15) is 5.75 Å². The van der Waals surface area contributed by atoms with Gasteiger partial charge in [0.2, 0.25) is 0 Å². The molecule has 1 aromatic carbocycles. The van der Waals surface area contributed by atoms with Crippen LogP contribution in [0.1, 0.15) is 15.9 Å². The van der Waals surface area contributed by atoms with Gasteiger partial charge in [0.05, 0.1) is 18.9 Å². The summed E-state index contributed by atoms with van der Waals surface area (Å²) in [5, 5.41) is 2.83. The standard InChI is InChI=1S/C14H13BrN2O2/c1-9-7-10(3-4-12(9)15)17-14(18)11-5-6-16-8-13(11)19-2/h3-8H,1-2H3,(H,17,18). The fraction of sp³-hybridized carbons (Fsp3) is 0.143. The highest BCUT2D eigenvalue weighted by molar-refractivity contribution is 9.10. The molecule has 1 aromatic heterocycles. The van der Waals surface area contributed by atoms with Gasteiger partial charge >= 0.3 is 0 Å². The quantitative estimate of drug-likeness (QED) is 0.942. The van der Waals surface area contributed by atoms with Gasteiger partial charge in [-0.3, -0.25) is 9.78 Å². The Labute approximate surface area is 119 Å². The van der Waals surface area contributed by atoms with Crippen LogP contribution in [0.4, 0.5) is 5.69 Å². The monoisotopic (exact) mass is 320 g/mol. The molecule has 2 aromatic rings. The molecular formula is C14H13BrN2O2. The number of rotatable bonds is 3. The van der Waals surface area contributed by atoms with E-state index < -0.39 is 0 Å². The van der Waals surface area contributed by atoms with E-state index in [-0.39, 0.29) is 5.91 Å². The van der Waals surface area contributed by atoms with Crippen LogP contribution in [0.25, 0.3) is 0 Å². The zero-order chi connectivity index (χ0) is 13.8. The normalized spacial score (nSPS) is 10.1. The van der Waals surface area contributed by atoms with Crippen LogP contribution in [0.2, 0.25) is 0 Å². The molecule has 1 amide bonds. The predicted molar refractivity (Wildman–Crippen MR) is 77.6 cm³/mol. The summed E-state index contributed by atoms with van der Waals surface area (Å²) in [6.45, 7) is 1.97. The number of benzene rings is 1. The van der Waals surface area contributed by atoms with Crippen molar-refractivity contribution in [1.82, 2.24) is 4.98 Å². The van der Waals surface area contributed by atoms with Crippen molar-refractivity contribution in [3.8, 4) is 5.75 Å². The average molecular weight is 321 g/mol. The molecule has 0 spiro atoms. The summed E-state index contributed by atoms with van der Waals surface area (Å²) in [6, 6.07) is 7.26. The van der Waals surface area contributed by atoms with E-state index in [1.165, 1.54) is 13.3 Å². The van der Waals surface area contributed by atoms with Crippen LogP contribution in [-0.2, 0) is 0 Å². The summed E-state index contributed by atoms with van der Waals surface area (Å²) in [4.78, 5) is 16.1. The highest BCUT2D eigenvalue weighted by Gasteiger charge is 2.12. The van der Waals surface area contributed by atoms with Crippen molar-refractivity contribution in [2.75, 3.05) is 12.4 Å². The van der Waals surface area contributed by atoms with Crippen LogP contribution in [0.5, 0.6) is 5.75 Å². The van der Waals surface area contributed by atoms with Gasteiger partial charge in [-0.25, -0.2) is 0 Å². The molecule has 0 aliphatic heterocycles. The molecule has 1 heterocycles. The molecule has 0 atom stereocenters. The predicted octanol–water partition coefficient (Wildman–Crippen LogP) is 3.41. The first kappa shape index (κ1) is 13.5. The van der Waals surface area contributed by atoms with Crippen LogP contribution < -0.4 is 10.1 Å². The van der Waals surface area contributed by atoms with E-state index in [0.29, 0.717) is 11.3 Å². The van der Waals surface area contributed by atoms with Crippen LogP contribution in [0, 0.1) is 6.92 Å². The van der Waals surface area contributed by atoms with Gasteiger partial charge in [-0.15, -0.1) is 0 Å². The van der Waals surface area contributed by atoms with Gasteiger partial charge in [-0.2, -0.15) is 0 Å². The third kappa shape index (κ3) is 3.12. The molecule has 19 heavy (non-hydrogen) atoms. The largest absolute Gasteiger partial charge is 0.494 e. The fourth-order valence-electron chi connectivity index (χ4n) is 1.65. The Morgan fingerprint density at radius 2 is 2.16 bits per heavy atom. The number of amides is 1. The number of methoxy groups -OCH3 is 1. The molecule has 0 aliphatic carbocycles. The van der Waals surface area contributed by atoms with Gasteiger partial charge in [-0.05, 0) is 36.8 Å². The lowest BCUT2D eigenvalue weighted by Crippen LogP contribution is -2.13. The van der Waals surface area contributed by atoms with Crippen molar-refractivity contribution in [2.24, 2.45) is 0 Å². The maximum atomic E-state index is 12.2. The van der Waals surface area contributed by atoms with Crippen LogP contribution in [0.15, 0.2) is 41.1 Å². The SMILES string of the molecule is COc1cnccc1C(=O)Nc1ccc(Br)c(C)c1. The molecule has 0 radical (unpaired) electrons. The lowest BCUT2D eigenvalue weighted by Gasteiger charge is -2.09. The highest BCUT2D eigenvalue weighted by atomic mass is 79.9. The van der Waals surface area contributed by atoms with Gasteiger partial charge in [0.15, 0.2) is 0 Å². The van der Waals surface area contributed by atoms with Crippen molar-refractivity contribution >= 4 is 27.5 Å². The number of pyridine rings is 1. The van der Waals surface area contributed by atoms with Crippen LogP contribution in [0.3, 0.4) is 0 Å². The minimum atomic E-state index is -0.221. The third-order valence-corrected chi connectivity index (χ3v) is 3.55. The zero-order valence-corrected chi connectivity index (χ0v) is 12.2. The summed E-state index contributed by atoms with van der Waals surface area (Å²) in [7, 11) is 1.51. The molecule has 0 bridgehead atoms. The van der Waals surface area contributed by atoms with E-state index in [1.54, 1.807) is 12.3 Å². The summed E-state index contributed by atoms with van der Waals surface area (Å²) >= 11 is 3.42. The molecule has 0 saturated carbocycles. The number of hydrogen-bond acceptors (Lipinski definition) is 3. The lowest BCUT2D eigenvalue weighted by atomic mass is 10.2. The molecule has 0 unspecified atom stereocenters. The van der Waals surface area contributed by atoms with E-state index in [2.05, 4.69) is 26.2 Å². The second-order valence-electron chi connectivity index (χ2n) is 3.99. The summed E-state index contributed by atoms with van der Waals surface area (Å²) in [5.41, 5.74) is 2.25. The molecule has 1 N–H and O–H groups in total. The number of halogens is 1. The molecule has 2 rings (SSSR count). The maximum absolute atomic E-state index is 12.2. The first-order valence-corrected chi connectivity index (χ1v) is 6.46. The van der Waals surface area contributed by atoms with Crippen molar-refractivity contribution in [3.05, 3.63) is 52.3 Å². The van der Waals surface area contributed by atoms with Crippen molar-refractivity contribution in [3.63, 3.8) is 0 Å². The van der Waals surface area contributed by atoms with E-state index in [1.807, 2.05) is 25.1 Å². The number of carbonyl (C=O) groups excluding carboxylic acids is 1. The fourth-order valence-corrected chi connectivity index (χ4v) is 1.90. The number of nitrogens with zero attached hydrogens (tertiary/aromatic N) is 1. The Hall–Kier alpha value is -1.88. The Kier molecular flexibility index (Phi) is 4.16. The first-order chi connectivity index (χ1) is 9.11. The molecule has 5 heteroatoms. The Morgan fingerprint density at radius 3 is 2.84 bits per heavy atom. The Balaban J connectivity index is 2.23. The minimum Gasteiger partial charge on any atom is -0.494 e. The lowest BCUT2D eigenvalue weighted by molar-refractivity contribution is 0.102. The van der Waals surface area contributed by atoms with E-state index >= 15 is 0 Å². The van der Waals surface area contributed by atoms with Crippen LogP contribution in [-0.4, -0.2) is 18.0 Å². The molecule has 0 saturated heterocycles. The summed E-state index contributed by atoms with van der Waals surface area (Å²) < 4.78 is 6.12. The first-order valence-electron chi connectivity index (χ1n) is 5.67. The summed E-state index contributed by atoms with van der Waals surface area (Å²) in [5.74, 6) is 0.231. The Morgan fingerprint density at radius 1 is 1.37 bits per heavy atom. The van der Waals surface area contributed by atoms with Gasteiger partial charge < -0.3 is 10.1 Å². The van der Waals surface area contributed by atoms with Crippen molar-refractivity contribution in [1.29, 1.82) is 0 Å². The molecular weight excluding hydrogens is 308 g/mol. The van der Waals surface area contributed by atoms with Gasteiger partial charge in [-0.1, -0.05) is 15.9 Å². The molecule has 0 aliphatic rings. The van der Waals surface area contributed by atoms with E-state index in [0.717, 1.165) is 15.7 Å². The number of aryl methyl sites for hydroxylation is 1. The number of carbonyl (C=O) groups is 1. The number of anilines is 1. The van der Waals surface area contributed by atoms with E-state index in [9.17, 15) is 4.79 Å². The van der Waals surface area contributed by atoms with Crippen LogP contribution >= 0.6 is 15.9 Å². The number of ether oxygens (including phenoxy) is 1. The van der Waals surface area contributed by atoms with Crippen molar-refractivity contribution in [2.45, 2.75) is 6.92 Å². The van der Waals surface area contributed by atoms with Gasteiger partial charge in [0.25, 0.3) is 5.91 Å². The second kappa shape index (κ2) is 5.84. The smallest absolute Gasteiger partial charge is 0.259 e. The number of hydrogen-bond donors (Lipinski definition) is 1. The number of aromatic nitrogens is 1. The molecule has 4 nitrogen and oxygen atoms in total. The van der Waals surface area contributed by atoms with Crippen molar-refractivity contribution < 1.29 is 9.53 Å². The third-order valence-electron chi connectivity index (χ3n) is 2.66. The zero-order valence-electron chi connectivity index (χ0n) is 10.6. The highest BCUT2D eigenvalue weighted by Crippen LogP contribution is 2.22. The molecule has 98 valence electrons. The van der Waals surface area contributed by atoms with Gasteiger partial charge in [0, 0.05) is 16.4 Å². The number of nitrogens with one attached hydrogen (secondary N) is 1. The summed E-state index contributed by atoms with van der Waals surface area (Å²) in [6.07, 6.45) is 3.08. The van der Waals surface area contributed by atoms with E-state index in [4.69, 9.17) is 4.74 Å².